The lowest BCUT2D eigenvalue weighted by Crippen LogP contribution is -2.45. The summed E-state index contributed by atoms with van der Waals surface area (Å²) in [5.74, 6) is 0.388. The van der Waals surface area contributed by atoms with Crippen molar-refractivity contribution in [1.29, 1.82) is 5.26 Å². The first-order valence-electron chi connectivity index (χ1n) is 6.50. The summed E-state index contributed by atoms with van der Waals surface area (Å²) in [5.41, 5.74) is 0. The van der Waals surface area contributed by atoms with Gasteiger partial charge in [0, 0.05) is 5.92 Å². The van der Waals surface area contributed by atoms with Gasteiger partial charge in [-0.2, -0.15) is 5.26 Å². The maximum atomic E-state index is 9.33. The summed E-state index contributed by atoms with van der Waals surface area (Å²) in [5, 5.41) is 9.50. The molecule has 96 valence electrons. The molecule has 3 heteroatoms. The number of nitrogens with zero attached hydrogens (tertiary/aromatic N) is 1. The molecule has 0 aromatic rings. The molecule has 17 heavy (non-hydrogen) atoms. The van der Waals surface area contributed by atoms with Crippen LogP contribution in [0.4, 0.5) is 0 Å². The molecule has 1 rings (SSSR count). The molecule has 1 aliphatic rings. The predicted octanol–water partition coefficient (Wildman–Crippen LogP) is 4.26. The lowest BCUT2D eigenvalue weighted by molar-refractivity contribution is 0.158. The van der Waals surface area contributed by atoms with Crippen LogP contribution >= 0.6 is 0 Å². The predicted molar refractivity (Wildman–Crippen MR) is 74.2 cm³/mol. The van der Waals surface area contributed by atoms with Gasteiger partial charge in [-0.25, -0.2) is 0 Å². The molecular weight excluding hydrogens is 226 g/mol. The zero-order chi connectivity index (χ0) is 13.1. The molecule has 0 spiro atoms. The molecule has 0 radical (unpaired) electrons. The zero-order valence-electron chi connectivity index (χ0n) is 11.8. The van der Waals surface area contributed by atoms with E-state index in [0.29, 0.717) is 5.92 Å². The molecule has 1 aliphatic carbocycles. The SMILES string of the molecule is CC(C)(C)[Si](C)(C)OC(C#N)C1CC=CCC1. The first-order valence-corrected chi connectivity index (χ1v) is 9.41. The standard InChI is InChI=1S/C14H25NOSi/c1-14(2,3)17(4,5)16-13(11-15)12-9-7-6-8-10-12/h6-7,12-13H,8-10H2,1-5H3. The topological polar surface area (TPSA) is 33.0 Å². The molecule has 2 unspecified atom stereocenters. The lowest BCUT2D eigenvalue weighted by Gasteiger charge is -2.39. The van der Waals surface area contributed by atoms with Crippen LogP contribution in [-0.2, 0) is 4.43 Å². The highest BCUT2D eigenvalue weighted by Gasteiger charge is 2.40. The number of hydrogen-bond acceptors (Lipinski definition) is 2. The summed E-state index contributed by atoms with van der Waals surface area (Å²) in [6, 6.07) is 2.38. The molecule has 0 amide bonds. The van der Waals surface area contributed by atoms with Gasteiger partial charge in [-0.15, -0.1) is 0 Å². The molecule has 0 aliphatic heterocycles. The first kappa shape index (κ1) is 14.5. The van der Waals surface area contributed by atoms with Gasteiger partial charge in [-0.1, -0.05) is 32.9 Å². The van der Waals surface area contributed by atoms with Gasteiger partial charge >= 0.3 is 0 Å². The quantitative estimate of drug-likeness (QED) is 0.555. The van der Waals surface area contributed by atoms with Crippen LogP contribution in [-0.4, -0.2) is 14.4 Å². The monoisotopic (exact) mass is 251 g/mol. The Morgan fingerprint density at radius 2 is 2.00 bits per heavy atom. The van der Waals surface area contributed by atoms with Crippen molar-refractivity contribution in [3.63, 3.8) is 0 Å². The fraction of sp³-hybridized carbons (Fsp3) is 0.786. The smallest absolute Gasteiger partial charge is 0.193 e. The van der Waals surface area contributed by atoms with Crippen LogP contribution in [0.15, 0.2) is 12.2 Å². The molecule has 0 aromatic carbocycles. The molecule has 0 heterocycles. The summed E-state index contributed by atoms with van der Waals surface area (Å²) in [6.07, 6.45) is 7.34. The Bertz CT molecular complexity index is 322. The molecule has 0 saturated carbocycles. The van der Waals surface area contributed by atoms with Crippen LogP contribution in [0.2, 0.25) is 18.1 Å². The zero-order valence-corrected chi connectivity index (χ0v) is 12.8. The molecule has 2 nitrogen and oxygen atoms in total. The normalized spacial score (nSPS) is 23.2. The van der Waals surface area contributed by atoms with Gasteiger partial charge < -0.3 is 4.43 Å². The van der Waals surface area contributed by atoms with Gasteiger partial charge in [-0.05, 0) is 37.4 Å². The summed E-state index contributed by atoms with van der Waals surface area (Å²) in [6.45, 7) is 11.1. The van der Waals surface area contributed by atoms with Crippen molar-refractivity contribution in [1.82, 2.24) is 0 Å². The second kappa shape index (κ2) is 5.37. The van der Waals surface area contributed by atoms with E-state index in [0.717, 1.165) is 19.3 Å². The second-order valence-electron chi connectivity index (χ2n) is 6.47. The number of hydrogen-bond donors (Lipinski definition) is 0. The Morgan fingerprint density at radius 1 is 1.35 bits per heavy atom. The van der Waals surface area contributed by atoms with Crippen molar-refractivity contribution in [2.75, 3.05) is 0 Å². The summed E-state index contributed by atoms with van der Waals surface area (Å²) in [7, 11) is -1.82. The number of rotatable bonds is 3. The lowest BCUT2D eigenvalue weighted by atomic mass is 9.90. The Hall–Kier alpha value is -0.593. The van der Waals surface area contributed by atoms with Crippen LogP contribution in [0.5, 0.6) is 0 Å². The maximum Gasteiger partial charge on any atom is 0.193 e. The average Bonchev–Trinajstić information content (AvgIpc) is 2.25. The van der Waals surface area contributed by atoms with Gasteiger partial charge in [0.1, 0.15) is 6.10 Å². The Morgan fingerprint density at radius 3 is 2.41 bits per heavy atom. The van der Waals surface area contributed by atoms with E-state index in [-0.39, 0.29) is 11.1 Å². The van der Waals surface area contributed by atoms with E-state index in [1.807, 2.05) is 0 Å². The Kier molecular flexibility index (Phi) is 4.57. The van der Waals surface area contributed by atoms with E-state index >= 15 is 0 Å². The highest BCUT2D eigenvalue weighted by atomic mass is 28.4. The minimum Gasteiger partial charge on any atom is -0.401 e. The van der Waals surface area contributed by atoms with E-state index in [9.17, 15) is 5.26 Å². The first-order chi connectivity index (χ1) is 7.78. The van der Waals surface area contributed by atoms with E-state index in [1.165, 1.54) is 0 Å². The van der Waals surface area contributed by atoms with E-state index in [2.05, 4.69) is 52.1 Å². The van der Waals surface area contributed by atoms with E-state index in [4.69, 9.17) is 4.43 Å². The third-order valence-electron chi connectivity index (χ3n) is 4.09. The second-order valence-corrected chi connectivity index (χ2v) is 11.2. The largest absolute Gasteiger partial charge is 0.401 e. The van der Waals surface area contributed by atoms with Crippen molar-refractivity contribution in [2.24, 2.45) is 5.92 Å². The molecule has 0 saturated heterocycles. The van der Waals surface area contributed by atoms with E-state index in [1.54, 1.807) is 0 Å². The highest BCUT2D eigenvalue weighted by Crippen LogP contribution is 2.39. The molecule has 0 N–H and O–H groups in total. The van der Waals surface area contributed by atoms with Gasteiger partial charge in [0.15, 0.2) is 8.32 Å². The molecule has 0 bridgehead atoms. The summed E-state index contributed by atoms with van der Waals surface area (Å²) in [4.78, 5) is 0. The van der Waals surface area contributed by atoms with Crippen LogP contribution in [0, 0.1) is 17.2 Å². The molecule has 2 atom stereocenters. The fourth-order valence-electron chi connectivity index (χ4n) is 1.81. The average molecular weight is 251 g/mol. The fourth-order valence-corrected chi connectivity index (χ4v) is 3.05. The van der Waals surface area contributed by atoms with Crippen LogP contribution in [0.25, 0.3) is 0 Å². The van der Waals surface area contributed by atoms with Crippen molar-refractivity contribution in [3.8, 4) is 6.07 Å². The highest BCUT2D eigenvalue weighted by molar-refractivity contribution is 6.74. The van der Waals surface area contributed by atoms with Gasteiger partial charge in [-0.3, -0.25) is 0 Å². The third kappa shape index (κ3) is 3.69. The minimum absolute atomic E-state index is 0.173. The Labute approximate surface area is 107 Å². The molecule has 0 aromatic heterocycles. The summed E-state index contributed by atoms with van der Waals surface area (Å²) < 4.78 is 6.23. The Balaban J connectivity index is 2.70. The van der Waals surface area contributed by atoms with E-state index < -0.39 is 8.32 Å². The molecule has 0 fully saturated rings. The third-order valence-corrected chi connectivity index (χ3v) is 8.55. The number of allylic oxidation sites excluding steroid dienone is 2. The van der Waals surface area contributed by atoms with Crippen molar-refractivity contribution in [2.45, 2.75) is 64.3 Å². The van der Waals surface area contributed by atoms with Gasteiger partial charge in [0.2, 0.25) is 0 Å². The van der Waals surface area contributed by atoms with Crippen LogP contribution < -0.4 is 0 Å². The van der Waals surface area contributed by atoms with Crippen LogP contribution in [0.1, 0.15) is 40.0 Å². The maximum absolute atomic E-state index is 9.33. The van der Waals surface area contributed by atoms with Gasteiger partial charge in [0.25, 0.3) is 0 Å². The minimum atomic E-state index is -1.82. The summed E-state index contributed by atoms with van der Waals surface area (Å²) >= 11 is 0. The van der Waals surface area contributed by atoms with Crippen molar-refractivity contribution >= 4 is 8.32 Å². The molecular formula is C14H25NOSi. The van der Waals surface area contributed by atoms with Crippen molar-refractivity contribution in [3.05, 3.63) is 12.2 Å². The number of nitriles is 1. The van der Waals surface area contributed by atoms with Crippen molar-refractivity contribution < 1.29 is 4.43 Å². The van der Waals surface area contributed by atoms with Gasteiger partial charge in [0.05, 0.1) is 6.07 Å². The van der Waals surface area contributed by atoms with Crippen LogP contribution in [0.3, 0.4) is 0 Å².